The van der Waals surface area contributed by atoms with Gasteiger partial charge in [0.15, 0.2) is 0 Å². The highest BCUT2D eigenvalue weighted by molar-refractivity contribution is 14.1. The van der Waals surface area contributed by atoms with Crippen LogP contribution in [-0.2, 0) is 27.7 Å². The van der Waals surface area contributed by atoms with Crippen LogP contribution in [-0.4, -0.2) is 22.1 Å². The molecule has 1 aromatic heterocycles. The Balaban J connectivity index is 1.80. The van der Waals surface area contributed by atoms with Crippen LogP contribution in [0.3, 0.4) is 0 Å². The molecule has 36 heavy (non-hydrogen) atoms. The molecular weight excluding hydrogens is 589 g/mol. The summed E-state index contributed by atoms with van der Waals surface area (Å²) in [7, 11) is 0. The van der Waals surface area contributed by atoms with E-state index in [-0.39, 0.29) is 20.8 Å². The van der Waals surface area contributed by atoms with Crippen LogP contribution in [0.5, 0.6) is 0 Å². The number of hydrogen-bond acceptors (Lipinski definition) is 4. The Hall–Kier alpha value is -1.30. The Morgan fingerprint density at radius 3 is 2.53 bits per heavy atom. The predicted octanol–water partition coefficient (Wildman–Crippen LogP) is 6.28. The van der Waals surface area contributed by atoms with Gasteiger partial charge in [-0.1, -0.05) is 68.9 Å². The molecule has 9 heteroatoms. The average molecular weight is 618 g/mol. The first-order chi connectivity index (χ1) is 16.7. The van der Waals surface area contributed by atoms with Crippen LogP contribution in [0, 0.1) is 11.2 Å². The lowest BCUT2D eigenvalue weighted by Crippen LogP contribution is -2.46. The topological polar surface area (TPSA) is 54.4 Å². The fourth-order valence-electron chi connectivity index (χ4n) is 6.04. The van der Waals surface area contributed by atoms with E-state index in [0.717, 1.165) is 23.4 Å². The van der Waals surface area contributed by atoms with Crippen molar-refractivity contribution in [1.29, 1.82) is 0 Å². The van der Waals surface area contributed by atoms with Crippen molar-refractivity contribution in [2.24, 2.45) is 5.41 Å². The minimum absolute atomic E-state index is 0.0263. The van der Waals surface area contributed by atoms with Crippen LogP contribution in [0.4, 0.5) is 17.6 Å². The minimum atomic E-state index is -4.66. The number of fused-ring (bicyclic) bond motifs is 4. The molecule has 0 bridgehead atoms. The predicted molar refractivity (Wildman–Crippen MR) is 132 cm³/mol. The van der Waals surface area contributed by atoms with Crippen molar-refractivity contribution in [1.82, 2.24) is 4.98 Å². The second-order valence-corrected chi connectivity index (χ2v) is 12.8. The molecule has 3 aliphatic rings. The van der Waals surface area contributed by atoms with E-state index in [1.807, 2.05) is 13.8 Å². The van der Waals surface area contributed by atoms with E-state index in [0.29, 0.717) is 55.4 Å². The summed E-state index contributed by atoms with van der Waals surface area (Å²) >= 11 is 2.27. The summed E-state index contributed by atoms with van der Waals surface area (Å²) in [4.78, 5) is 4.98. The van der Waals surface area contributed by atoms with E-state index in [9.17, 15) is 18.3 Å². The van der Waals surface area contributed by atoms with Crippen LogP contribution in [0.1, 0.15) is 97.9 Å². The van der Waals surface area contributed by atoms with Gasteiger partial charge >= 0.3 is 6.18 Å². The summed E-state index contributed by atoms with van der Waals surface area (Å²) in [6.07, 6.45) is -5.09. The van der Waals surface area contributed by atoms with Crippen molar-refractivity contribution in [2.75, 3.05) is 13.2 Å². The number of halogens is 5. The number of aromatic nitrogens is 1. The number of rotatable bonds is 2. The van der Waals surface area contributed by atoms with Gasteiger partial charge in [-0.25, -0.2) is 4.39 Å². The summed E-state index contributed by atoms with van der Waals surface area (Å²) in [6, 6.07) is 2.57. The van der Waals surface area contributed by atoms with E-state index in [1.165, 1.54) is 0 Å². The molecule has 2 aliphatic heterocycles. The molecule has 1 aliphatic carbocycles. The standard InChI is InChI=1S/C27H29F4INO3/c1-13(2)23-21-22(20-17(33-23)10-25(3,4)11-18(20)34)26(7-8-35-12-19(26)32)36-24(21)15-6-5-14(9-16(15)28)27(29,30)31/h5-6,9,13,18-19,24H,7-8,10-12H2,1-4H3/q-1/t18?,19?,24-,26?/m1/s1. The maximum absolute atomic E-state index is 15.3. The summed E-state index contributed by atoms with van der Waals surface area (Å²) in [5, 5.41) is 13.7. The van der Waals surface area contributed by atoms with Gasteiger partial charge in [-0.15, -0.1) is 0 Å². The van der Waals surface area contributed by atoms with Gasteiger partial charge in [-0.2, -0.15) is 13.2 Å². The van der Waals surface area contributed by atoms with E-state index >= 15 is 4.39 Å². The van der Waals surface area contributed by atoms with Crippen LogP contribution in [0.2, 0.25) is 0 Å². The molecular formula is C27H29F4INO3-. The van der Waals surface area contributed by atoms with Crippen molar-refractivity contribution in [3.8, 4) is 0 Å². The van der Waals surface area contributed by atoms with Crippen molar-refractivity contribution in [3.63, 3.8) is 0 Å². The van der Waals surface area contributed by atoms with E-state index in [4.69, 9.17) is 14.5 Å². The lowest BCUT2D eigenvalue weighted by Gasteiger charge is -2.45. The van der Waals surface area contributed by atoms with Crippen molar-refractivity contribution >= 4 is 22.6 Å². The second-order valence-electron chi connectivity index (χ2n) is 11.2. The molecule has 1 saturated heterocycles. The van der Waals surface area contributed by atoms with Crippen molar-refractivity contribution < 1.29 is 32.1 Å². The lowest BCUT2D eigenvalue weighted by atomic mass is 9.70. The number of alkyl halides is 4. The van der Waals surface area contributed by atoms with Crippen molar-refractivity contribution in [3.05, 3.63) is 63.2 Å². The minimum Gasteiger partial charge on any atom is -0.848 e. The van der Waals surface area contributed by atoms with Gasteiger partial charge in [-0.05, 0) is 41.0 Å². The zero-order valence-electron chi connectivity index (χ0n) is 20.6. The largest absolute Gasteiger partial charge is 0.848 e. The monoisotopic (exact) mass is 618 g/mol. The Kier molecular flexibility index (Phi) is 6.49. The molecule has 0 N–H and O–H groups in total. The number of ether oxygens (including phenoxy) is 2. The molecule has 3 heterocycles. The van der Waals surface area contributed by atoms with Crippen LogP contribution < -0.4 is 5.11 Å². The summed E-state index contributed by atoms with van der Waals surface area (Å²) in [6.45, 7) is 8.89. The number of hydrogen-bond donors (Lipinski definition) is 0. The van der Waals surface area contributed by atoms with Gasteiger partial charge < -0.3 is 14.6 Å². The maximum atomic E-state index is 15.3. The van der Waals surface area contributed by atoms with Gasteiger partial charge in [0.25, 0.3) is 0 Å². The number of pyridine rings is 1. The summed E-state index contributed by atoms with van der Waals surface area (Å²) in [5.74, 6) is -1.05. The SMILES string of the molecule is CC(C)c1nc2c(c3c1[C@@H](c1ccc(C(F)(F)F)cc1F)OC31CCOCC1I)C([O-])CC(C)(C)C2. The first-order valence-corrected chi connectivity index (χ1v) is 13.5. The molecule has 1 spiro atoms. The zero-order valence-corrected chi connectivity index (χ0v) is 22.8. The smallest absolute Gasteiger partial charge is 0.416 e. The van der Waals surface area contributed by atoms with Gasteiger partial charge in [0.2, 0.25) is 0 Å². The molecule has 0 amide bonds. The van der Waals surface area contributed by atoms with E-state index in [2.05, 4.69) is 36.4 Å². The van der Waals surface area contributed by atoms with Crippen LogP contribution >= 0.6 is 22.6 Å². The molecule has 3 unspecified atom stereocenters. The van der Waals surface area contributed by atoms with Crippen LogP contribution in [0.25, 0.3) is 0 Å². The maximum Gasteiger partial charge on any atom is 0.416 e. The molecule has 0 saturated carbocycles. The molecule has 2 aromatic rings. The van der Waals surface area contributed by atoms with Gasteiger partial charge in [0, 0.05) is 35.5 Å². The molecule has 1 aromatic carbocycles. The third kappa shape index (κ3) is 4.18. The van der Waals surface area contributed by atoms with Gasteiger partial charge in [0.05, 0.1) is 16.1 Å². The fourth-order valence-corrected chi connectivity index (χ4v) is 7.06. The number of benzene rings is 1. The first-order valence-electron chi connectivity index (χ1n) is 12.2. The normalized spacial score (nSPS) is 29.5. The van der Waals surface area contributed by atoms with Gasteiger partial charge in [0.1, 0.15) is 17.5 Å². The highest BCUT2D eigenvalue weighted by atomic mass is 127. The highest BCUT2D eigenvalue weighted by Gasteiger charge is 2.55. The van der Waals surface area contributed by atoms with Gasteiger partial charge in [-0.3, -0.25) is 4.98 Å². The third-order valence-electron chi connectivity index (χ3n) is 7.65. The second kappa shape index (κ2) is 8.88. The average Bonchev–Trinajstić information content (AvgIpc) is 3.09. The lowest BCUT2D eigenvalue weighted by molar-refractivity contribution is -0.434. The van der Waals surface area contributed by atoms with Crippen molar-refractivity contribution in [2.45, 2.75) is 80.8 Å². The Bertz CT molecular complexity index is 1200. The highest BCUT2D eigenvalue weighted by Crippen LogP contribution is 2.58. The molecule has 4 atom stereocenters. The molecule has 0 radical (unpaired) electrons. The first kappa shape index (κ1) is 26.3. The van der Waals surface area contributed by atoms with E-state index in [1.54, 1.807) is 0 Å². The van der Waals surface area contributed by atoms with E-state index < -0.39 is 35.4 Å². The molecule has 196 valence electrons. The van der Waals surface area contributed by atoms with Crippen LogP contribution in [0.15, 0.2) is 18.2 Å². The molecule has 4 nitrogen and oxygen atoms in total. The quantitative estimate of drug-likeness (QED) is 0.226. The molecule has 1 fully saturated rings. The Morgan fingerprint density at radius 1 is 1.19 bits per heavy atom. The fraction of sp³-hybridized carbons (Fsp3) is 0.593. The third-order valence-corrected chi connectivity index (χ3v) is 9.01. The Morgan fingerprint density at radius 2 is 1.92 bits per heavy atom. The summed E-state index contributed by atoms with van der Waals surface area (Å²) < 4.78 is 67.4. The zero-order chi connectivity index (χ0) is 26.2. The number of nitrogens with zero attached hydrogens (tertiary/aromatic N) is 1. The Labute approximate surface area is 221 Å². The summed E-state index contributed by atoms with van der Waals surface area (Å²) in [5.41, 5.74) is 1.39. The molecule has 5 rings (SSSR count).